The number of amides is 1. The second-order valence-electron chi connectivity index (χ2n) is 6.33. The minimum absolute atomic E-state index is 0.0523. The summed E-state index contributed by atoms with van der Waals surface area (Å²) in [7, 11) is 0. The van der Waals surface area contributed by atoms with Gasteiger partial charge in [-0.1, -0.05) is 5.16 Å². The fourth-order valence-corrected chi connectivity index (χ4v) is 3.22. The second-order valence-corrected chi connectivity index (χ2v) is 6.33. The van der Waals surface area contributed by atoms with Crippen LogP contribution in [-0.4, -0.2) is 63.9 Å². The van der Waals surface area contributed by atoms with Gasteiger partial charge in [0.25, 0.3) is 5.91 Å². The number of morpholine rings is 1. The van der Waals surface area contributed by atoms with Crippen molar-refractivity contribution in [3.63, 3.8) is 0 Å². The van der Waals surface area contributed by atoms with E-state index in [1.54, 1.807) is 6.07 Å². The van der Waals surface area contributed by atoms with Crippen molar-refractivity contribution >= 4 is 5.91 Å². The molecule has 2 aromatic heterocycles. The van der Waals surface area contributed by atoms with Crippen LogP contribution in [0.4, 0.5) is 0 Å². The van der Waals surface area contributed by atoms with Gasteiger partial charge in [0.15, 0.2) is 0 Å². The number of carbonyl (C=O) groups excluding carboxylic acids is 1. The van der Waals surface area contributed by atoms with E-state index in [4.69, 9.17) is 9.26 Å². The summed E-state index contributed by atoms with van der Waals surface area (Å²) >= 11 is 0. The summed E-state index contributed by atoms with van der Waals surface area (Å²) in [5.41, 5.74) is 3.33. The van der Waals surface area contributed by atoms with Gasteiger partial charge in [-0.15, -0.1) is 0 Å². The molecule has 0 bridgehead atoms. The molecule has 8 nitrogen and oxygen atoms in total. The molecule has 0 unspecified atom stereocenters. The predicted molar refractivity (Wildman–Crippen MR) is 84.4 cm³/mol. The summed E-state index contributed by atoms with van der Waals surface area (Å²) in [6.07, 6.45) is 0.695. The molecule has 8 heteroatoms. The first kappa shape index (κ1) is 15.3. The van der Waals surface area contributed by atoms with Crippen LogP contribution in [0.25, 0.3) is 0 Å². The Bertz CT molecular complexity index is 732. The summed E-state index contributed by atoms with van der Waals surface area (Å²) < 4.78 is 10.9. The molecular formula is C16H21N5O3. The number of aromatic amines is 1. The maximum Gasteiger partial charge on any atom is 0.274 e. The molecule has 0 aromatic carbocycles. The van der Waals surface area contributed by atoms with Crippen LogP contribution >= 0.6 is 0 Å². The minimum Gasteiger partial charge on any atom is -0.379 e. The highest BCUT2D eigenvalue weighted by Crippen LogP contribution is 2.24. The lowest BCUT2D eigenvalue weighted by molar-refractivity contribution is 0.0331. The van der Waals surface area contributed by atoms with Crippen molar-refractivity contribution < 1.29 is 14.1 Å². The van der Waals surface area contributed by atoms with Crippen LogP contribution < -0.4 is 0 Å². The number of ether oxygens (including phenoxy) is 1. The van der Waals surface area contributed by atoms with Gasteiger partial charge in [-0.25, -0.2) is 0 Å². The fraction of sp³-hybridized carbons (Fsp3) is 0.562. The van der Waals surface area contributed by atoms with Gasteiger partial charge in [0.05, 0.1) is 19.8 Å². The molecule has 24 heavy (non-hydrogen) atoms. The zero-order valence-corrected chi connectivity index (χ0v) is 13.7. The molecule has 0 spiro atoms. The average molecular weight is 331 g/mol. The Balaban J connectivity index is 1.49. The molecule has 128 valence electrons. The summed E-state index contributed by atoms with van der Waals surface area (Å²) in [4.78, 5) is 16.7. The Morgan fingerprint density at radius 2 is 2.17 bits per heavy atom. The lowest BCUT2D eigenvalue weighted by Crippen LogP contribution is -2.38. The number of aromatic nitrogens is 3. The van der Waals surface area contributed by atoms with Gasteiger partial charge < -0.3 is 14.2 Å². The van der Waals surface area contributed by atoms with Crippen molar-refractivity contribution in [3.05, 3.63) is 34.5 Å². The maximum atomic E-state index is 12.6. The van der Waals surface area contributed by atoms with Crippen LogP contribution in [0.1, 0.15) is 33.2 Å². The standard InChI is InChI=1S/C16H21N5O3/c1-11-8-13(18-17-11)16(22)21-3-2-15-12(9-21)14(19-24-15)10-20-4-6-23-7-5-20/h8H,2-7,9-10H2,1H3,(H,17,18). The molecule has 1 fully saturated rings. The Kier molecular flexibility index (Phi) is 4.07. The van der Waals surface area contributed by atoms with E-state index in [1.165, 1.54) is 0 Å². The maximum absolute atomic E-state index is 12.6. The number of carbonyl (C=O) groups is 1. The Morgan fingerprint density at radius 1 is 1.33 bits per heavy atom. The number of rotatable bonds is 3. The van der Waals surface area contributed by atoms with Crippen molar-refractivity contribution in [3.8, 4) is 0 Å². The topological polar surface area (TPSA) is 87.5 Å². The van der Waals surface area contributed by atoms with E-state index in [2.05, 4.69) is 20.3 Å². The largest absolute Gasteiger partial charge is 0.379 e. The van der Waals surface area contributed by atoms with Gasteiger partial charge in [-0.2, -0.15) is 5.10 Å². The SMILES string of the molecule is Cc1cc(C(=O)N2CCc3onc(CN4CCOCC4)c3C2)n[nH]1. The van der Waals surface area contributed by atoms with Gasteiger partial charge in [0, 0.05) is 43.9 Å². The highest BCUT2D eigenvalue weighted by Gasteiger charge is 2.29. The first-order valence-corrected chi connectivity index (χ1v) is 8.28. The van der Waals surface area contributed by atoms with Gasteiger partial charge in [0.2, 0.25) is 0 Å². The van der Waals surface area contributed by atoms with Crippen LogP contribution in [0.15, 0.2) is 10.6 Å². The number of hydrogen-bond acceptors (Lipinski definition) is 6. The van der Waals surface area contributed by atoms with Crippen LogP contribution in [0.2, 0.25) is 0 Å². The number of nitrogens with one attached hydrogen (secondary N) is 1. The molecule has 0 aliphatic carbocycles. The predicted octanol–water partition coefficient (Wildman–Crippen LogP) is 0.737. The van der Waals surface area contributed by atoms with Crippen molar-refractivity contribution in [2.24, 2.45) is 0 Å². The second kappa shape index (κ2) is 6.37. The third-order valence-corrected chi connectivity index (χ3v) is 4.60. The van der Waals surface area contributed by atoms with Gasteiger partial charge in [-0.05, 0) is 13.0 Å². The number of aryl methyl sites for hydroxylation is 1. The Hall–Kier alpha value is -2.19. The van der Waals surface area contributed by atoms with Crippen molar-refractivity contribution in [2.75, 3.05) is 32.8 Å². The van der Waals surface area contributed by atoms with Crippen LogP contribution in [0, 0.1) is 6.92 Å². The molecule has 1 N–H and O–H groups in total. The summed E-state index contributed by atoms with van der Waals surface area (Å²) in [6.45, 7) is 7.09. The smallest absolute Gasteiger partial charge is 0.274 e. The lowest BCUT2D eigenvalue weighted by Gasteiger charge is -2.28. The third kappa shape index (κ3) is 2.94. The van der Waals surface area contributed by atoms with E-state index in [9.17, 15) is 4.79 Å². The molecule has 2 aliphatic heterocycles. The van der Waals surface area contributed by atoms with Crippen molar-refractivity contribution in [1.82, 2.24) is 25.2 Å². The highest BCUT2D eigenvalue weighted by molar-refractivity contribution is 5.92. The Morgan fingerprint density at radius 3 is 2.92 bits per heavy atom. The van der Waals surface area contributed by atoms with Gasteiger partial charge in [-0.3, -0.25) is 14.8 Å². The van der Waals surface area contributed by atoms with Crippen molar-refractivity contribution in [2.45, 2.75) is 26.4 Å². The van der Waals surface area contributed by atoms with E-state index < -0.39 is 0 Å². The van der Waals surface area contributed by atoms with Crippen LogP contribution in [0.5, 0.6) is 0 Å². The first-order valence-electron chi connectivity index (χ1n) is 8.28. The van der Waals surface area contributed by atoms with E-state index in [0.29, 0.717) is 25.2 Å². The molecule has 0 saturated carbocycles. The zero-order valence-electron chi connectivity index (χ0n) is 13.7. The zero-order chi connectivity index (χ0) is 16.5. The highest BCUT2D eigenvalue weighted by atomic mass is 16.5. The normalized spacial score (nSPS) is 18.6. The molecule has 4 heterocycles. The number of hydrogen-bond donors (Lipinski definition) is 1. The van der Waals surface area contributed by atoms with Crippen LogP contribution in [0.3, 0.4) is 0 Å². The molecule has 0 radical (unpaired) electrons. The van der Waals surface area contributed by atoms with E-state index in [-0.39, 0.29) is 5.91 Å². The molecule has 0 atom stereocenters. The quantitative estimate of drug-likeness (QED) is 0.892. The van der Waals surface area contributed by atoms with Gasteiger partial charge >= 0.3 is 0 Å². The molecule has 2 aliphatic rings. The van der Waals surface area contributed by atoms with E-state index in [0.717, 1.165) is 55.6 Å². The number of nitrogens with zero attached hydrogens (tertiary/aromatic N) is 4. The van der Waals surface area contributed by atoms with Crippen LogP contribution in [-0.2, 0) is 24.2 Å². The molecule has 1 saturated heterocycles. The van der Waals surface area contributed by atoms with E-state index in [1.807, 2.05) is 11.8 Å². The summed E-state index contributed by atoms with van der Waals surface area (Å²) in [5.74, 6) is 0.851. The fourth-order valence-electron chi connectivity index (χ4n) is 3.22. The molecular weight excluding hydrogens is 310 g/mol. The van der Waals surface area contributed by atoms with Crippen molar-refractivity contribution in [1.29, 1.82) is 0 Å². The number of H-pyrrole nitrogens is 1. The lowest BCUT2D eigenvalue weighted by atomic mass is 10.1. The number of fused-ring (bicyclic) bond motifs is 1. The third-order valence-electron chi connectivity index (χ3n) is 4.60. The minimum atomic E-state index is -0.0523. The molecule has 4 rings (SSSR count). The Labute approximate surface area is 139 Å². The van der Waals surface area contributed by atoms with Gasteiger partial charge in [0.1, 0.15) is 17.1 Å². The average Bonchev–Trinajstić information content (AvgIpc) is 3.21. The monoisotopic (exact) mass is 331 g/mol. The summed E-state index contributed by atoms with van der Waals surface area (Å²) in [6, 6.07) is 1.78. The molecule has 2 aromatic rings. The first-order chi connectivity index (χ1) is 11.7. The summed E-state index contributed by atoms with van der Waals surface area (Å²) in [5, 5.41) is 11.1. The molecule has 1 amide bonds. The van der Waals surface area contributed by atoms with E-state index >= 15 is 0 Å².